The highest BCUT2D eigenvalue weighted by molar-refractivity contribution is 5.85. The Morgan fingerprint density at radius 1 is 1.08 bits per heavy atom. The fourth-order valence-corrected chi connectivity index (χ4v) is 2.81. The molecule has 0 radical (unpaired) electrons. The second-order valence-electron chi connectivity index (χ2n) is 5.88. The van der Waals surface area contributed by atoms with Crippen LogP contribution in [0.15, 0.2) is 42.7 Å². The molecule has 3 N–H and O–H groups in total. The smallest absolute Gasteiger partial charge is 0.222 e. The maximum Gasteiger partial charge on any atom is 0.222 e. The summed E-state index contributed by atoms with van der Waals surface area (Å²) in [6, 6.07) is 10.3. The van der Waals surface area contributed by atoms with Crippen molar-refractivity contribution in [3.05, 3.63) is 53.9 Å². The van der Waals surface area contributed by atoms with Crippen LogP contribution in [0, 0.1) is 5.92 Å². The molecule has 1 unspecified atom stereocenters. The van der Waals surface area contributed by atoms with Crippen LogP contribution >= 0.6 is 24.8 Å². The van der Waals surface area contributed by atoms with Crippen LogP contribution in [0.4, 0.5) is 5.95 Å². The molecule has 0 bridgehead atoms. The van der Waals surface area contributed by atoms with Gasteiger partial charge in [-0.3, -0.25) is 4.90 Å². The Labute approximate surface area is 155 Å². The molecule has 2 heterocycles. The van der Waals surface area contributed by atoms with E-state index < -0.39 is 0 Å². The number of halogens is 2. The number of anilines is 1. The average Bonchev–Trinajstić information content (AvgIpc) is 3.03. The van der Waals surface area contributed by atoms with Crippen LogP contribution in [-0.4, -0.2) is 34.5 Å². The molecule has 3 rings (SSSR count). The van der Waals surface area contributed by atoms with Gasteiger partial charge in [0.25, 0.3) is 0 Å². The summed E-state index contributed by atoms with van der Waals surface area (Å²) < 4.78 is 0. The largest absolute Gasteiger partial charge is 0.350 e. The van der Waals surface area contributed by atoms with Crippen LogP contribution in [0.5, 0.6) is 0 Å². The first-order valence-electron chi connectivity index (χ1n) is 7.84. The van der Waals surface area contributed by atoms with E-state index in [1.807, 2.05) is 30.6 Å². The molecule has 7 heteroatoms. The van der Waals surface area contributed by atoms with Crippen molar-refractivity contribution in [2.75, 3.05) is 25.0 Å². The molecule has 132 valence electrons. The maximum absolute atomic E-state index is 5.73. The molecule has 5 nitrogen and oxygen atoms in total. The van der Waals surface area contributed by atoms with Crippen molar-refractivity contribution in [1.29, 1.82) is 0 Å². The molecule has 1 aromatic carbocycles. The lowest BCUT2D eigenvalue weighted by Crippen LogP contribution is -2.23. The summed E-state index contributed by atoms with van der Waals surface area (Å²) >= 11 is 0. The predicted octanol–water partition coefficient (Wildman–Crippen LogP) is 2.71. The van der Waals surface area contributed by atoms with Gasteiger partial charge in [0.1, 0.15) is 0 Å². The number of rotatable bonds is 6. The van der Waals surface area contributed by atoms with Gasteiger partial charge in [0.15, 0.2) is 0 Å². The van der Waals surface area contributed by atoms with E-state index in [1.165, 1.54) is 12.0 Å². The first-order valence-corrected chi connectivity index (χ1v) is 7.84. The third-order valence-corrected chi connectivity index (χ3v) is 4.11. The highest BCUT2D eigenvalue weighted by atomic mass is 35.5. The predicted molar refractivity (Wildman–Crippen MR) is 103 cm³/mol. The number of aromatic nitrogens is 2. The number of likely N-dealkylation sites (tertiary alicyclic amines) is 1. The molecule has 0 saturated carbocycles. The molecule has 0 aliphatic carbocycles. The molecular formula is C17H25Cl2N5. The van der Waals surface area contributed by atoms with Gasteiger partial charge in [-0.05, 0) is 31.0 Å². The molecule has 2 aromatic rings. The molecule has 1 saturated heterocycles. The fourth-order valence-electron chi connectivity index (χ4n) is 2.81. The normalized spacial score (nSPS) is 17.0. The Hall–Kier alpha value is -1.40. The summed E-state index contributed by atoms with van der Waals surface area (Å²) in [5, 5.41) is 3.25. The summed E-state index contributed by atoms with van der Waals surface area (Å²) in [5.41, 5.74) is 8.11. The molecular weight excluding hydrogens is 345 g/mol. The van der Waals surface area contributed by atoms with Crippen molar-refractivity contribution in [3.63, 3.8) is 0 Å². The lowest BCUT2D eigenvalue weighted by molar-refractivity contribution is 0.317. The van der Waals surface area contributed by atoms with E-state index in [0.29, 0.717) is 11.9 Å². The zero-order chi connectivity index (χ0) is 15.2. The summed E-state index contributed by atoms with van der Waals surface area (Å²) in [4.78, 5) is 11.2. The van der Waals surface area contributed by atoms with Gasteiger partial charge < -0.3 is 11.1 Å². The van der Waals surface area contributed by atoms with Gasteiger partial charge in [-0.25, -0.2) is 9.97 Å². The molecule has 1 atom stereocenters. The second-order valence-corrected chi connectivity index (χ2v) is 5.88. The summed E-state index contributed by atoms with van der Waals surface area (Å²) in [5.74, 6) is 1.32. The average molecular weight is 370 g/mol. The molecule has 1 aliphatic rings. The van der Waals surface area contributed by atoms with Crippen molar-refractivity contribution < 1.29 is 0 Å². The minimum Gasteiger partial charge on any atom is -0.350 e. The lowest BCUT2D eigenvalue weighted by atomic mass is 10.1. The van der Waals surface area contributed by atoms with Crippen LogP contribution in [0.2, 0.25) is 0 Å². The number of hydrogen-bond donors (Lipinski definition) is 2. The third-order valence-electron chi connectivity index (χ3n) is 4.11. The molecule has 1 aromatic heterocycles. The zero-order valence-corrected chi connectivity index (χ0v) is 15.2. The minimum atomic E-state index is 0. The summed E-state index contributed by atoms with van der Waals surface area (Å²) in [7, 11) is 0. The van der Waals surface area contributed by atoms with Gasteiger partial charge in [-0.15, -0.1) is 24.8 Å². The van der Waals surface area contributed by atoms with E-state index in [2.05, 4.69) is 32.3 Å². The van der Waals surface area contributed by atoms with Crippen LogP contribution in [0.3, 0.4) is 0 Å². The monoisotopic (exact) mass is 369 g/mol. The number of benzene rings is 1. The molecule has 1 aliphatic heterocycles. The van der Waals surface area contributed by atoms with Crippen molar-refractivity contribution in [3.8, 4) is 0 Å². The second kappa shape index (κ2) is 10.5. The third kappa shape index (κ3) is 5.91. The number of nitrogens with two attached hydrogens (primary N) is 1. The van der Waals surface area contributed by atoms with Gasteiger partial charge in [0.05, 0.1) is 0 Å². The van der Waals surface area contributed by atoms with Gasteiger partial charge in [-0.1, -0.05) is 30.3 Å². The van der Waals surface area contributed by atoms with Gasteiger partial charge in [0, 0.05) is 37.6 Å². The summed E-state index contributed by atoms with van der Waals surface area (Å²) in [6.45, 7) is 4.65. The van der Waals surface area contributed by atoms with Gasteiger partial charge >= 0.3 is 0 Å². The summed E-state index contributed by atoms with van der Waals surface area (Å²) in [6.07, 6.45) is 5.03. The fraction of sp³-hybridized carbons (Fsp3) is 0.412. The van der Waals surface area contributed by atoms with Gasteiger partial charge in [0.2, 0.25) is 5.95 Å². The standard InChI is InChI=1S/C17H23N5.2ClH/c18-8-15-6-7-22(12-15)13-16-10-20-17(21-11-16)19-9-14-4-2-1-3-5-14;;/h1-5,10-11,15H,6-9,12-13,18H2,(H,19,20,21);2*1H. The Bertz CT molecular complexity index is 579. The molecule has 1 fully saturated rings. The molecule has 0 amide bonds. The van der Waals surface area contributed by atoms with E-state index in [9.17, 15) is 0 Å². The van der Waals surface area contributed by atoms with Crippen LogP contribution in [0.1, 0.15) is 17.5 Å². The first kappa shape index (κ1) is 20.6. The first-order chi connectivity index (χ1) is 10.8. The number of nitrogens with zero attached hydrogens (tertiary/aromatic N) is 3. The Morgan fingerprint density at radius 2 is 1.79 bits per heavy atom. The Kier molecular flexibility index (Phi) is 9.00. The zero-order valence-electron chi connectivity index (χ0n) is 13.6. The van der Waals surface area contributed by atoms with Crippen molar-refractivity contribution in [1.82, 2.24) is 14.9 Å². The quantitative estimate of drug-likeness (QED) is 0.819. The minimum absolute atomic E-state index is 0. The number of nitrogens with one attached hydrogen (secondary N) is 1. The SMILES string of the molecule is Cl.Cl.NCC1CCN(Cc2cnc(NCc3ccccc3)nc2)C1. The highest BCUT2D eigenvalue weighted by Crippen LogP contribution is 2.17. The maximum atomic E-state index is 5.73. The van der Waals surface area contributed by atoms with E-state index in [4.69, 9.17) is 5.73 Å². The van der Waals surface area contributed by atoms with Crippen molar-refractivity contribution in [2.45, 2.75) is 19.5 Å². The van der Waals surface area contributed by atoms with Crippen LogP contribution in [-0.2, 0) is 13.1 Å². The molecule has 0 spiro atoms. The van der Waals surface area contributed by atoms with E-state index in [1.54, 1.807) is 0 Å². The van der Waals surface area contributed by atoms with Crippen LogP contribution in [0.25, 0.3) is 0 Å². The van der Waals surface area contributed by atoms with Gasteiger partial charge in [-0.2, -0.15) is 0 Å². The highest BCUT2D eigenvalue weighted by Gasteiger charge is 2.21. The van der Waals surface area contributed by atoms with Crippen molar-refractivity contribution >= 4 is 30.8 Å². The van der Waals surface area contributed by atoms with Crippen molar-refractivity contribution in [2.24, 2.45) is 11.7 Å². The lowest BCUT2D eigenvalue weighted by Gasteiger charge is -2.15. The van der Waals surface area contributed by atoms with E-state index in [-0.39, 0.29) is 24.8 Å². The Balaban J connectivity index is 0.00000144. The van der Waals surface area contributed by atoms with E-state index >= 15 is 0 Å². The molecule has 24 heavy (non-hydrogen) atoms. The Morgan fingerprint density at radius 3 is 2.42 bits per heavy atom. The van der Waals surface area contributed by atoms with Crippen LogP contribution < -0.4 is 11.1 Å². The number of hydrogen-bond acceptors (Lipinski definition) is 5. The van der Waals surface area contributed by atoms with E-state index in [0.717, 1.165) is 38.3 Å². The topological polar surface area (TPSA) is 67.1 Å².